The smallest absolute Gasteiger partial charge is 0.243 e. The minimum Gasteiger partial charge on any atom is -0.506 e. The lowest BCUT2D eigenvalue weighted by Gasteiger charge is -2.07. The molecule has 4 N–H and O–H groups in total. The quantitative estimate of drug-likeness (QED) is 0.356. The Bertz CT molecular complexity index is 431. The molecule has 0 aromatic heterocycles. The third-order valence-electron chi connectivity index (χ3n) is 2.13. The van der Waals surface area contributed by atoms with Crippen molar-refractivity contribution >= 4 is 17.5 Å². The molecule has 0 aliphatic heterocycles. The van der Waals surface area contributed by atoms with E-state index in [4.69, 9.17) is 5.21 Å². The highest BCUT2D eigenvalue weighted by Crippen LogP contribution is 2.23. The summed E-state index contributed by atoms with van der Waals surface area (Å²) in [6, 6.07) is 4.81. The second kappa shape index (κ2) is 5.86. The topological polar surface area (TPSA) is 98.7 Å². The van der Waals surface area contributed by atoms with Crippen LogP contribution in [0.4, 0.5) is 5.69 Å². The Morgan fingerprint density at radius 1 is 1.24 bits per heavy atom. The second-order valence-electron chi connectivity index (χ2n) is 3.60. The van der Waals surface area contributed by atoms with Crippen LogP contribution in [0.25, 0.3) is 0 Å². The van der Waals surface area contributed by atoms with Crippen molar-refractivity contribution in [3.05, 3.63) is 23.8 Å². The molecule has 0 aliphatic carbocycles. The van der Waals surface area contributed by atoms with Gasteiger partial charge >= 0.3 is 0 Å². The number of hydrogen-bond acceptors (Lipinski definition) is 4. The van der Waals surface area contributed by atoms with Crippen molar-refractivity contribution in [2.75, 3.05) is 5.32 Å². The van der Waals surface area contributed by atoms with Crippen molar-refractivity contribution in [1.29, 1.82) is 0 Å². The standard InChI is InChI=1S/C11H14N2O4/c1-7-2-3-9(14)8(6-7)12-10(15)4-5-11(16)13-17/h2-3,6,14,17H,4-5H2,1H3,(H,12,15)(H,13,16). The summed E-state index contributed by atoms with van der Waals surface area (Å²) in [6.07, 6.45) is -0.186. The van der Waals surface area contributed by atoms with Crippen molar-refractivity contribution in [3.63, 3.8) is 0 Å². The molecule has 0 atom stereocenters. The Kier molecular flexibility index (Phi) is 4.47. The predicted molar refractivity (Wildman–Crippen MR) is 60.6 cm³/mol. The minimum absolute atomic E-state index is 0.0319. The summed E-state index contributed by atoms with van der Waals surface area (Å²) in [7, 11) is 0. The van der Waals surface area contributed by atoms with Gasteiger partial charge in [-0.3, -0.25) is 14.8 Å². The fraction of sp³-hybridized carbons (Fsp3) is 0.273. The molecule has 0 radical (unpaired) electrons. The largest absolute Gasteiger partial charge is 0.506 e. The average molecular weight is 238 g/mol. The van der Waals surface area contributed by atoms with Crippen LogP contribution in [-0.2, 0) is 9.59 Å². The van der Waals surface area contributed by atoms with E-state index in [-0.39, 0.29) is 18.6 Å². The Labute approximate surface area is 98.2 Å². The van der Waals surface area contributed by atoms with Gasteiger partial charge < -0.3 is 10.4 Å². The van der Waals surface area contributed by atoms with Gasteiger partial charge in [0.1, 0.15) is 5.75 Å². The van der Waals surface area contributed by atoms with E-state index in [2.05, 4.69) is 5.32 Å². The van der Waals surface area contributed by atoms with Gasteiger partial charge in [0, 0.05) is 12.8 Å². The van der Waals surface area contributed by atoms with Crippen molar-refractivity contribution in [2.45, 2.75) is 19.8 Å². The first kappa shape index (κ1) is 13.0. The Morgan fingerprint density at radius 2 is 1.88 bits per heavy atom. The molecule has 1 aromatic carbocycles. The first-order valence-electron chi connectivity index (χ1n) is 5.05. The third-order valence-corrected chi connectivity index (χ3v) is 2.13. The maximum absolute atomic E-state index is 11.4. The molecule has 92 valence electrons. The van der Waals surface area contributed by atoms with E-state index >= 15 is 0 Å². The number of hydrogen-bond donors (Lipinski definition) is 4. The SMILES string of the molecule is Cc1ccc(O)c(NC(=O)CCC(=O)NO)c1. The first-order valence-corrected chi connectivity index (χ1v) is 5.05. The number of rotatable bonds is 4. The Balaban J connectivity index is 2.56. The van der Waals surface area contributed by atoms with Crippen molar-refractivity contribution in [2.24, 2.45) is 0 Å². The number of carbonyl (C=O) groups excluding carboxylic acids is 2. The molecule has 6 heteroatoms. The number of nitrogens with one attached hydrogen (secondary N) is 2. The lowest BCUT2D eigenvalue weighted by molar-refractivity contribution is -0.131. The zero-order valence-electron chi connectivity index (χ0n) is 9.36. The first-order chi connectivity index (χ1) is 8.02. The lowest BCUT2D eigenvalue weighted by atomic mass is 10.2. The Morgan fingerprint density at radius 3 is 2.53 bits per heavy atom. The molecule has 0 saturated carbocycles. The fourth-order valence-electron chi connectivity index (χ4n) is 1.25. The highest BCUT2D eigenvalue weighted by molar-refractivity contribution is 5.94. The molecule has 0 aliphatic rings. The molecule has 1 rings (SSSR count). The van der Waals surface area contributed by atoms with Gasteiger partial charge in [-0.05, 0) is 24.6 Å². The molecule has 0 bridgehead atoms. The minimum atomic E-state index is -0.631. The number of hydroxylamine groups is 1. The number of phenolic OH excluding ortho intramolecular Hbond substituents is 1. The van der Waals surface area contributed by atoms with Crippen LogP contribution in [0.3, 0.4) is 0 Å². The number of aryl methyl sites for hydroxylation is 1. The van der Waals surface area contributed by atoms with Gasteiger partial charge in [0.2, 0.25) is 11.8 Å². The molecule has 0 heterocycles. The number of carbonyl (C=O) groups is 2. The van der Waals surface area contributed by atoms with Gasteiger partial charge in [0.15, 0.2) is 0 Å². The number of amides is 2. The molecule has 0 unspecified atom stereocenters. The summed E-state index contributed by atoms with van der Waals surface area (Å²) >= 11 is 0. The van der Waals surface area contributed by atoms with Gasteiger partial charge in [0.25, 0.3) is 0 Å². The zero-order valence-corrected chi connectivity index (χ0v) is 9.36. The summed E-state index contributed by atoms with van der Waals surface area (Å²) in [5, 5.41) is 20.2. The van der Waals surface area contributed by atoms with Crippen LogP contribution in [0.15, 0.2) is 18.2 Å². The van der Waals surface area contributed by atoms with Crippen molar-refractivity contribution < 1.29 is 19.9 Å². The number of benzene rings is 1. The maximum Gasteiger partial charge on any atom is 0.243 e. The van der Waals surface area contributed by atoms with Crippen LogP contribution in [0.5, 0.6) is 5.75 Å². The maximum atomic E-state index is 11.4. The number of aromatic hydroxyl groups is 1. The zero-order chi connectivity index (χ0) is 12.8. The molecule has 0 fully saturated rings. The van der Waals surface area contributed by atoms with Gasteiger partial charge in [-0.25, -0.2) is 5.48 Å². The summed E-state index contributed by atoms with van der Waals surface area (Å²) in [6.45, 7) is 1.83. The molecule has 17 heavy (non-hydrogen) atoms. The molecule has 1 aromatic rings. The van der Waals surface area contributed by atoms with E-state index in [1.165, 1.54) is 11.5 Å². The molecule has 0 saturated heterocycles. The van der Waals surface area contributed by atoms with E-state index in [0.29, 0.717) is 5.69 Å². The van der Waals surface area contributed by atoms with Crippen LogP contribution in [0, 0.1) is 6.92 Å². The average Bonchev–Trinajstić information content (AvgIpc) is 2.30. The summed E-state index contributed by atoms with van der Waals surface area (Å²) in [4.78, 5) is 22.1. The number of phenols is 1. The van der Waals surface area contributed by atoms with E-state index < -0.39 is 11.8 Å². The van der Waals surface area contributed by atoms with Gasteiger partial charge in [-0.15, -0.1) is 0 Å². The lowest BCUT2D eigenvalue weighted by Crippen LogP contribution is -2.21. The van der Waals surface area contributed by atoms with Gasteiger partial charge in [-0.2, -0.15) is 0 Å². The Hall–Kier alpha value is -2.08. The molecular weight excluding hydrogens is 224 g/mol. The van der Waals surface area contributed by atoms with Crippen molar-refractivity contribution in [1.82, 2.24) is 5.48 Å². The van der Waals surface area contributed by atoms with E-state index in [0.717, 1.165) is 5.56 Å². The normalized spacial score (nSPS) is 9.76. The third kappa shape index (κ3) is 4.12. The number of anilines is 1. The molecule has 6 nitrogen and oxygen atoms in total. The van der Waals surface area contributed by atoms with Crippen LogP contribution >= 0.6 is 0 Å². The van der Waals surface area contributed by atoms with E-state index in [1.54, 1.807) is 12.1 Å². The fourth-order valence-corrected chi connectivity index (χ4v) is 1.25. The van der Waals surface area contributed by atoms with Gasteiger partial charge in [-0.1, -0.05) is 6.07 Å². The predicted octanol–water partition coefficient (Wildman–Crippen LogP) is 0.925. The highest BCUT2D eigenvalue weighted by atomic mass is 16.5. The van der Waals surface area contributed by atoms with Crippen LogP contribution in [0.2, 0.25) is 0 Å². The van der Waals surface area contributed by atoms with Gasteiger partial charge in [0.05, 0.1) is 5.69 Å². The van der Waals surface area contributed by atoms with E-state index in [9.17, 15) is 14.7 Å². The second-order valence-corrected chi connectivity index (χ2v) is 3.60. The molecule has 0 spiro atoms. The van der Waals surface area contributed by atoms with E-state index in [1.807, 2.05) is 6.92 Å². The van der Waals surface area contributed by atoms with Crippen LogP contribution in [0.1, 0.15) is 18.4 Å². The summed E-state index contributed by atoms with van der Waals surface area (Å²) < 4.78 is 0. The van der Waals surface area contributed by atoms with Crippen LogP contribution in [-0.4, -0.2) is 22.1 Å². The summed E-state index contributed by atoms with van der Waals surface area (Å²) in [5.74, 6) is -1.07. The summed E-state index contributed by atoms with van der Waals surface area (Å²) in [5.41, 5.74) is 2.64. The highest BCUT2D eigenvalue weighted by Gasteiger charge is 2.08. The monoisotopic (exact) mass is 238 g/mol. The van der Waals surface area contributed by atoms with Crippen molar-refractivity contribution in [3.8, 4) is 5.75 Å². The van der Waals surface area contributed by atoms with Crippen LogP contribution < -0.4 is 10.8 Å². The molecule has 2 amide bonds. The molecular formula is C11H14N2O4.